The molecule has 0 aliphatic rings. The van der Waals surface area contributed by atoms with Crippen LogP contribution in [0.1, 0.15) is 47.0 Å². The first kappa shape index (κ1) is 15.9. The van der Waals surface area contributed by atoms with Gasteiger partial charge in [-0.3, -0.25) is 4.79 Å². The van der Waals surface area contributed by atoms with E-state index in [0.29, 0.717) is 0 Å². The van der Waals surface area contributed by atoms with Crippen molar-refractivity contribution >= 4 is 23.7 Å². The van der Waals surface area contributed by atoms with Crippen molar-refractivity contribution in [3.8, 4) is 0 Å². The lowest BCUT2D eigenvalue weighted by Crippen LogP contribution is -2.30. The Kier molecular flexibility index (Phi) is 4.22. The third-order valence-electron chi connectivity index (χ3n) is 3.10. The van der Waals surface area contributed by atoms with E-state index < -0.39 is 34.8 Å². The lowest BCUT2D eigenvalue weighted by molar-refractivity contribution is -0.259. The van der Waals surface area contributed by atoms with Gasteiger partial charge in [-0.1, -0.05) is 36.4 Å². The highest BCUT2D eigenvalue weighted by atomic mass is 16.4. The lowest BCUT2D eigenvalue weighted by Gasteiger charge is -2.13. The van der Waals surface area contributed by atoms with Crippen LogP contribution in [0.5, 0.6) is 0 Å². The van der Waals surface area contributed by atoms with E-state index in [1.807, 2.05) is 0 Å². The van der Waals surface area contributed by atoms with Gasteiger partial charge in [0.2, 0.25) is 0 Å². The van der Waals surface area contributed by atoms with E-state index in [-0.39, 0.29) is 16.7 Å². The molecule has 0 atom stereocenters. The molecule has 0 aliphatic heterocycles. The van der Waals surface area contributed by atoms with Crippen molar-refractivity contribution in [2.24, 2.45) is 0 Å². The number of rotatable bonds is 5. The summed E-state index contributed by atoms with van der Waals surface area (Å²) < 4.78 is 0. The van der Waals surface area contributed by atoms with E-state index in [2.05, 4.69) is 0 Å². The standard InChI is InChI=1S/C16H10O7/c17-13(8-1-3-9(4-2-8)14(18)19)10-5-6-11(15(20)21)12(7-10)16(22)23/h1-7H,(H,18,19)(H,20,21)(H,22,23)/p-3. The highest BCUT2D eigenvalue weighted by Gasteiger charge is 2.13. The third kappa shape index (κ3) is 3.24. The monoisotopic (exact) mass is 311 g/mol. The molecule has 0 radical (unpaired) electrons. The van der Waals surface area contributed by atoms with Crippen molar-refractivity contribution in [2.45, 2.75) is 0 Å². The molecule has 0 spiro atoms. The van der Waals surface area contributed by atoms with Gasteiger partial charge in [0.15, 0.2) is 5.78 Å². The van der Waals surface area contributed by atoms with Crippen molar-refractivity contribution in [2.75, 3.05) is 0 Å². The summed E-state index contributed by atoms with van der Waals surface area (Å²) in [6, 6.07) is 7.73. The zero-order chi connectivity index (χ0) is 17.1. The fraction of sp³-hybridized carbons (Fsp3) is 0. The summed E-state index contributed by atoms with van der Waals surface area (Å²) in [5.74, 6) is -5.48. The Morgan fingerprint density at radius 2 is 1.04 bits per heavy atom. The summed E-state index contributed by atoms with van der Waals surface area (Å²) in [5.41, 5.74) is -1.39. The van der Waals surface area contributed by atoms with Crippen LogP contribution in [0.2, 0.25) is 0 Å². The summed E-state index contributed by atoms with van der Waals surface area (Å²) in [4.78, 5) is 44.7. The van der Waals surface area contributed by atoms with Crippen molar-refractivity contribution in [3.05, 3.63) is 70.3 Å². The zero-order valence-electron chi connectivity index (χ0n) is 11.4. The van der Waals surface area contributed by atoms with Crippen LogP contribution in [0, 0.1) is 0 Å². The molecule has 2 aromatic carbocycles. The van der Waals surface area contributed by atoms with Crippen molar-refractivity contribution < 1.29 is 34.5 Å². The number of carbonyl (C=O) groups is 4. The molecule has 116 valence electrons. The first-order chi connectivity index (χ1) is 10.8. The highest BCUT2D eigenvalue weighted by Crippen LogP contribution is 2.16. The Morgan fingerprint density at radius 3 is 1.52 bits per heavy atom. The number of carboxylic acid groups (broad SMARTS) is 3. The minimum absolute atomic E-state index is 0.0876. The summed E-state index contributed by atoms with van der Waals surface area (Å²) in [6.45, 7) is 0. The second-order valence-electron chi connectivity index (χ2n) is 4.53. The highest BCUT2D eigenvalue weighted by molar-refractivity contribution is 6.11. The Balaban J connectivity index is 2.43. The Labute approximate surface area is 129 Å². The molecule has 7 heteroatoms. The first-order valence-corrected chi connectivity index (χ1v) is 6.24. The van der Waals surface area contributed by atoms with Gasteiger partial charge in [0.1, 0.15) is 0 Å². The molecule has 0 saturated heterocycles. The van der Waals surface area contributed by atoms with Crippen molar-refractivity contribution in [1.29, 1.82) is 0 Å². The van der Waals surface area contributed by atoms with Crippen LogP contribution in [0.25, 0.3) is 0 Å². The molecule has 0 amide bonds. The van der Waals surface area contributed by atoms with Crippen LogP contribution >= 0.6 is 0 Å². The molecule has 0 saturated carbocycles. The van der Waals surface area contributed by atoms with Gasteiger partial charge in [0.05, 0.1) is 17.9 Å². The SMILES string of the molecule is O=C([O-])c1ccc(C(=O)c2ccc(C(=O)[O-])c(C(=O)[O-])c2)cc1. The average molecular weight is 311 g/mol. The number of ketones is 1. The van der Waals surface area contributed by atoms with E-state index in [1.165, 1.54) is 12.1 Å². The molecule has 2 aromatic rings. The second-order valence-corrected chi connectivity index (χ2v) is 4.53. The zero-order valence-corrected chi connectivity index (χ0v) is 11.4. The minimum Gasteiger partial charge on any atom is -0.545 e. The van der Waals surface area contributed by atoms with E-state index in [0.717, 1.165) is 30.3 Å². The normalized spacial score (nSPS) is 10.1. The molecule has 7 nitrogen and oxygen atoms in total. The van der Waals surface area contributed by atoms with Gasteiger partial charge in [0.25, 0.3) is 0 Å². The third-order valence-corrected chi connectivity index (χ3v) is 3.10. The van der Waals surface area contributed by atoms with Crippen LogP contribution < -0.4 is 15.3 Å². The molecule has 0 unspecified atom stereocenters. The predicted octanol–water partition coefficient (Wildman–Crippen LogP) is -1.99. The number of carbonyl (C=O) groups excluding carboxylic acids is 4. The minimum atomic E-state index is -1.76. The lowest BCUT2D eigenvalue weighted by atomic mass is 9.97. The molecular formula is C16H7O7-3. The summed E-state index contributed by atoms with van der Waals surface area (Å²) >= 11 is 0. The van der Waals surface area contributed by atoms with Gasteiger partial charge in [-0.2, -0.15) is 0 Å². The molecule has 0 N–H and O–H groups in total. The maximum Gasteiger partial charge on any atom is 0.193 e. The van der Waals surface area contributed by atoms with Gasteiger partial charge in [-0.25, -0.2) is 0 Å². The molecule has 0 aliphatic carbocycles. The van der Waals surface area contributed by atoms with Gasteiger partial charge in [-0.05, 0) is 11.6 Å². The maximum atomic E-state index is 12.2. The van der Waals surface area contributed by atoms with Crippen molar-refractivity contribution in [3.63, 3.8) is 0 Å². The number of hydrogen-bond acceptors (Lipinski definition) is 7. The van der Waals surface area contributed by atoms with Crippen LogP contribution in [-0.4, -0.2) is 23.7 Å². The quantitative estimate of drug-likeness (QED) is 0.582. The van der Waals surface area contributed by atoms with E-state index in [4.69, 9.17) is 0 Å². The number of benzene rings is 2. The number of aromatic carboxylic acids is 3. The van der Waals surface area contributed by atoms with Gasteiger partial charge in [-0.15, -0.1) is 0 Å². The molecule has 0 heterocycles. The Hall–Kier alpha value is -3.48. The number of hydrogen-bond donors (Lipinski definition) is 0. The van der Waals surface area contributed by atoms with Gasteiger partial charge >= 0.3 is 0 Å². The average Bonchev–Trinajstić information content (AvgIpc) is 2.53. The fourth-order valence-corrected chi connectivity index (χ4v) is 1.96. The number of carboxylic acids is 3. The van der Waals surface area contributed by atoms with Crippen LogP contribution in [0.3, 0.4) is 0 Å². The molecule has 23 heavy (non-hydrogen) atoms. The molecular weight excluding hydrogens is 304 g/mol. The summed E-state index contributed by atoms with van der Waals surface area (Å²) in [5, 5.41) is 32.4. The fourth-order valence-electron chi connectivity index (χ4n) is 1.96. The predicted molar refractivity (Wildman–Crippen MR) is 69.3 cm³/mol. The van der Waals surface area contributed by atoms with Crippen molar-refractivity contribution in [1.82, 2.24) is 0 Å². The Bertz CT molecular complexity index is 819. The van der Waals surface area contributed by atoms with E-state index in [1.54, 1.807) is 0 Å². The topological polar surface area (TPSA) is 137 Å². The molecule has 2 rings (SSSR count). The van der Waals surface area contributed by atoms with Gasteiger partial charge < -0.3 is 29.7 Å². The second kappa shape index (κ2) is 6.10. The van der Waals surface area contributed by atoms with Crippen LogP contribution in [0.4, 0.5) is 0 Å². The maximum absolute atomic E-state index is 12.2. The van der Waals surface area contributed by atoms with Gasteiger partial charge in [0, 0.05) is 22.3 Å². The van der Waals surface area contributed by atoms with Crippen LogP contribution in [-0.2, 0) is 0 Å². The smallest absolute Gasteiger partial charge is 0.193 e. The molecule has 0 bridgehead atoms. The van der Waals surface area contributed by atoms with E-state index in [9.17, 15) is 34.5 Å². The largest absolute Gasteiger partial charge is 0.545 e. The summed E-state index contributed by atoms with van der Waals surface area (Å²) in [6.07, 6.45) is 0. The first-order valence-electron chi connectivity index (χ1n) is 6.24. The summed E-state index contributed by atoms with van der Waals surface area (Å²) in [7, 11) is 0. The van der Waals surface area contributed by atoms with E-state index >= 15 is 0 Å². The Morgan fingerprint density at radius 1 is 0.565 bits per heavy atom. The molecule has 0 aromatic heterocycles. The van der Waals surface area contributed by atoms with Crippen LogP contribution in [0.15, 0.2) is 42.5 Å². The molecule has 0 fully saturated rings.